The van der Waals surface area contributed by atoms with Gasteiger partial charge >= 0.3 is 0 Å². The molecule has 16 heavy (non-hydrogen) atoms. The second-order valence-corrected chi connectivity index (χ2v) is 4.86. The van der Waals surface area contributed by atoms with Crippen LogP contribution in [0, 0.1) is 5.92 Å². The average Bonchev–Trinajstić information content (AvgIpc) is 2.55. The van der Waals surface area contributed by atoms with Gasteiger partial charge in [0.15, 0.2) is 0 Å². The van der Waals surface area contributed by atoms with Crippen LogP contribution < -0.4 is 11.3 Å². The SMILES string of the molecule is Cn1cnc(C(NN)C2CCCCCC2)c1. The zero-order valence-electron chi connectivity index (χ0n) is 10.0. The van der Waals surface area contributed by atoms with E-state index in [4.69, 9.17) is 5.84 Å². The zero-order chi connectivity index (χ0) is 11.4. The summed E-state index contributed by atoms with van der Waals surface area (Å²) in [6, 6.07) is 0.222. The Balaban J connectivity index is 2.08. The van der Waals surface area contributed by atoms with Gasteiger partial charge in [0.05, 0.1) is 18.1 Å². The van der Waals surface area contributed by atoms with E-state index in [1.807, 2.05) is 17.9 Å². The molecule has 90 valence electrons. The zero-order valence-corrected chi connectivity index (χ0v) is 10.0. The first-order chi connectivity index (χ1) is 7.81. The normalized spacial score (nSPS) is 20.6. The number of aromatic nitrogens is 2. The molecular weight excluding hydrogens is 200 g/mol. The topological polar surface area (TPSA) is 55.9 Å². The Labute approximate surface area is 97.2 Å². The van der Waals surface area contributed by atoms with Gasteiger partial charge in [0, 0.05) is 13.2 Å². The molecule has 4 nitrogen and oxygen atoms in total. The molecule has 1 aromatic heterocycles. The van der Waals surface area contributed by atoms with Crippen molar-refractivity contribution >= 4 is 0 Å². The van der Waals surface area contributed by atoms with Gasteiger partial charge in [0.25, 0.3) is 0 Å². The van der Waals surface area contributed by atoms with Crippen molar-refractivity contribution in [2.75, 3.05) is 0 Å². The van der Waals surface area contributed by atoms with E-state index in [9.17, 15) is 0 Å². The van der Waals surface area contributed by atoms with E-state index < -0.39 is 0 Å². The lowest BCUT2D eigenvalue weighted by Crippen LogP contribution is -2.33. The van der Waals surface area contributed by atoms with Crippen molar-refractivity contribution in [1.82, 2.24) is 15.0 Å². The monoisotopic (exact) mass is 222 g/mol. The maximum atomic E-state index is 5.70. The summed E-state index contributed by atoms with van der Waals surface area (Å²) in [5.74, 6) is 6.34. The first kappa shape index (κ1) is 11.6. The molecule has 3 N–H and O–H groups in total. The Morgan fingerprint density at radius 3 is 2.56 bits per heavy atom. The molecule has 1 unspecified atom stereocenters. The molecule has 1 aromatic rings. The highest BCUT2D eigenvalue weighted by molar-refractivity contribution is 5.05. The summed E-state index contributed by atoms with van der Waals surface area (Å²) in [4.78, 5) is 4.41. The van der Waals surface area contributed by atoms with Crippen molar-refractivity contribution in [3.05, 3.63) is 18.2 Å². The minimum Gasteiger partial charge on any atom is -0.340 e. The fraction of sp³-hybridized carbons (Fsp3) is 0.750. The highest BCUT2D eigenvalue weighted by atomic mass is 15.2. The average molecular weight is 222 g/mol. The molecule has 0 amide bonds. The summed E-state index contributed by atoms with van der Waals surface area (Å²) < 4.78 is 1.98. The van der Waals surface area contributed by atoms with Crippen LogP contribution in [-0.2, 0) is 7.05 Å². The Kier molecular flexibility index (Phi) is 3.96. The maximum absolute atomic E-state index is 5.70. The van der Waals surface area contributed by atoms with Crippen molar-refractivity contribution in [2.45, 2.75) is 44.6 Å². The number of aryl methyl sites for hydroxylation is 1. The molecule has 1 fully saturated rings. The van der Waals surface area contributed by atoms with Crippen LogP contribution in [-0.4, -0.2) is 9.55 Å². The van der Waals surface area contributed by atoms with Crippen molar-refractivity contribution < 1.29 is 0 Å². The Hall–Kier alpha value is -0.870. The second-order valence-electron chi connectivity index (χ2n) is 4.86. The molecular formula is C12H22N4. The molecule has 1 saturated carbocycles. The molecule has 0 saturated heterocycles. The fourth-order valence-electron chi connectivity index (χ4n) is 2.70. The summed E-state index contributed by atoms with van der Waals surface area (Å²) in [5, 5.41) is 0. The largest absolute Gasteiger partial charge is 0.340 e. The van der Waals surface area contributed by atoms with Crippen molar-refractivity contribution in [2.24, 2.45) is 18.8 Å². The van der Waals surface area contributed by atoms with Crippen LogP contribution >= 0.6 is 0 Å². The number of nitrogens with two attached hydrogens (primary N) is 1. The van der Waals surface area contributed by atoms with Gasteiger partial charge < -0.3 is 4.57 Å². The third kappa shape index (κ3) is 2.62. The number of hydrogen-bond acceptors (Lipinski definition) is 3. The number of nitrogens with zero attached hydrogens (tertiary/aromatic N) is 2. The second kappa shape index (κ2) is 5.46. The standard InChI is InChI=1S/C12H22N4/c1-16-8-11(14-9-16)12(15-13)10-6-4-2-3-5-7-10/h8-10,12,15H,2-7,13H2,1H3. The van der Waals surface area contributed by atoms with Gasteiger partial charge in [-0.05, 0) is 18.8 Å². The summed E-state index contributed by atoms with van der Waals surface area (Å²) in [7, 11) is 2.00. The van der Waals surface area contributed by atoms with Gasteiger partial charge in [-0.25, -0.2) is 4.98 Å². The molecule has 0 spiro atoms. The van der Waals surface area contributed by atoms with Gasteiger partial charge in [0.2, 0.25) is 0 Å². The number of rotatable bonds is 3. The van der Waals surface area contributed by atoms with Gasteiger partial charge in [-0.15, -0.1) is 0 Å². The van der Waals surface area contributed by atoms with Gasteiger partial charge in [0.1, 0.15) is 0 Å². The fourth-order valence-corrected chi connectivity index (χ4v) is 2.70. The first-order valence-corrected chi connectivity index (χ1v) is 6.25. The Bertz CT molecular complexity index is 313. The van der Waals surface area contributed by atoms with Crippen molar-refractivity contribution in [3.8, 4) is 0 Å². The number of hydrazine groups is 1. The molecule has 1 atom stereocenters. The number of hydrogen-bond donors (Lipinski definition) is 2. The minimum atomic E-state index is 0.222. The van der Waals surface area contributed by atoms with E-state index in [2.05, 4.69) is 16.6 Å². The van der Waals surface area contributed by atoms with Crippen LogP contribution in [0.15, 0.2) is 12.5 Å². The summed E-state index contributed by atoms with van der Waals surface area (Å²) in [6.07, 6.45) is 11.8. The Morgan fingerprint density at radius 1 is 1.38 bits per heavy atom. The summed E-state index contributed by atoms with van der Waals surface area (Å²) in [5.41, 5.74) is 4.03. The predicted molar refractivity (Wildman–Crippen MR) is 64.5 cm³/mol. The van der Waals surface area contributed by atoms with Crippen LogP contribution in [0.25, 0.3) is 0 Å². The molecule has 0 bridgehead atoms. The molecule has 1 heterocycles. The highest BCUT2D eigenvalue weighted by Crippen LogP contribution is 2.32. The molecule has 2 rings (SSSR count). The highest BCUT2D eigenvalue weighted by Gasteiger charge is 2.24. The third-order valence-corrected chi connectivity index (χ3v) is 3.59. The molecule has 0 radical (unpaired) electrons. The molecule has 1 aliphatic carbocycles. The van der Waals surface area contributed by atoms with Crippen LogP contribution in [0.5, 0.6) is 0 Å². The number of nitrogens with one attached hydrogen (secondary N) is 1. The molecule has 0 aromatic carbocycles. The van der Waals surface area contributed by atoms with Gasteiger partial charge in [-0.2, -0.15) is 0 Å². The summed E-state index contributed by atoms with van der Waals surface area (Å²) >= 11 is 0. The Morgan fingerprint density at radius 2 is 2.06 bits per heavy atom. The van der Waals surface area contributed by atoms with Crippen molar-refractivity contribution in [1.29, 1.82) is 0 Å². The van der Waals surface area contributed by atoms with E-state index >= 15 is 0 Å². The lowest BCUT2D eigenvalue weighted by Gasteiger charge is -2.23. The lowest BCUT2D eigenvalue weighted by molar-refractivity contribution is 0.324. The minimum absolute atomic E-state index is 0.222. The van der Waals surface area contributed by atoms with Crippen molar-refractivity contribution in [3.63, 3.8) is 0 Å². The smallest absolute Gasteiger partial charge is 0.0947 e. The number of imidazole rings is 1. The lowest BCUT2D eigenvalue weighted by atomic mass is 9.90. The van der Waals surface area contributed by atoms with Gasteiger partial charge in [-0.1, -0.05) is 25.7 Å². The molecule has 4 heteroatoms. The van der Waals surface area contributed by atoms with E-state index in [-0.39, 0.29) is 6.04 Å². The predicted octanol–water partition coefficient (Wildman–Crippen LogP) is 1.89. The van der Waals surface area contributed by atoms with E-state index in [1.54, 1.807) is 0 Å². The van der Waals surface area contributed by atoms with Crippen LogP contribution in [0.2, 0.25) is 0 Å². The van der Waals surface area contributed by atoms with E-state index in [0.29, 0.717) is 5.92 Å². The summed E-state index contributed by atoms with van der Waals surface area (Å²) in [6.45, 7) is 0. The maximum Gasteiger partial charge on any atom is 0.0947 e. The first-order valence-electron chi connectivity index (χ1n) is 6.25. The molecule has 1 aliphatic rings. The third-order valence-electron chi connectivity index (χ3n) is 3.59. The van der Waals surface area contributed by atoms with E-state index in [0.717, 1.165) is 5.69 Å². The molecule has 0 aliphatic heterocycles. The van der Waals surface area contributed by atoms with Crippen LogP contribution in [0.1, 0.15) is 50.3 Å². The van der Waals surface area contributed by atoms with E-state index in [1.165, 1.54) is 38.5 Å². The quantitative estimate of drug-likeness (QED) is 0.466. The van der Waals surface area contributed by atoms with Crippen LogP contribution in [0.4, 0.5) is 0 Å². The van der Waals surface area contributed by atoms with Crippen LogP contribution in [0.3, 0.4) is 0 Å². The van der Waals surface area contributed by atoms with Gasteiger partial charge in [-0.3, -0.25) is 11.3 Å².